The topological polar surface area (TPSA) is 121 Å². The van der Waals surface area contributed by atoms with E-state index in [2.05, 4.69) is 12.2 Å². The largest absolute Gasteiger partial charge is 0.394 e. The van der Waals surface area contributed by atoms with Crippen LogP contribution in [-0.4, -0.2) is 75.8 Å². The van der Waals surface area contributed by atoms with Gasteiger partial charge in [-0.2, -0.15) is 0 Å². The lowest BCUT2D eigenvalue weighted by atomic mass is 9.89. The van der Waals surface area contributed by atoms with E-state index in [0.29, 0.717) is 32.4 Å². The minimum Gasteiger partial charge on any atom is -0.394 e. The van der Waals surface area contributed by atoms with Gasteiger partial charge in [0.15, 0.2) is 0 Å². The molecule has 0 saturated carbocycles. The summed E-state index contributed by atoms with van der Waals surface area (Å²) in [5.74, 6) is 0. The standard InChI is InChI=1S/C46H69NO7/c1-2-3-4-5-6-7-8-9-10-11-12-22-29-40(49)43(50)39(47-32-36-23-16-13-17-24-36)30-31-41-45(52-34-37-25-18-14-19-26-37)46(44(51)42(33-48)54-41)53-35-38-27-20-15-21-28-38/h13-21,23-28,39-51H,2-12,22,29-35H2,1H3/t39-,40?,41+,42?,43-,44-,45?,46+/m0/s1. The SMILES string of the molecule is CCCCCCCCCCCCCCC(O)[C@@H](O)[C@H](CC[C@H]1OC(CO)[C@H](O)[C@@H](OCc2ccccc2)C1OCc1ccccc1)NCc1ccccc1. The quantitative estimate of drug-likeness (QED) is 0.0474. The Morgan fingerprint density at radius 1 is 0.611 bits per heavy atom. The maximum atomic E-state index is 11.6. The van der Waals surface area contributed by atoms with Gasteiger partial charge in [0.2, 0.25) is 0 Å². The van der Waals surface area contributed by atoms with Crippen molar-refractivity contribution < 1.29 is 34.6 Å². The molecule has 1 saturated heterocycles. The van der Waals surface area contributed by atoms with Gasteiger partial charge in [0.25, 0.3) is 0 Å². The molecule has 300 valence electrons. The van der Waals surface area contributed by atoms with Crippen LogP contribution in [0.2, 0.25) is 0 Å². The lowest BCUT2D eigenvalue weighted by molar-refractivity contribution is -0.259. The van der Waals surface area contributed by atoms with Crippen LogP contribution in [0.1, 0.15) is 120 Å². The highest BCUT2D eigenvalue weighted by atomic mass is 16.6. The lowest BCUT2D eigenvalue weighted by Gasteiger charge is -2.44. The van der Waals surface area contributed by atoms with E-state index in [4.69, 9.17) is 14.2 Å². The van der Waals surface area contributed by atoms with Gasteiger partial charge in [-0.3, -0.25) is 0 Å². The summed E-state index contributed by atoms with van der Waals surface area (Å²) in [7, 11) is 0. The average Bonchev–Trinajstić information content (AvgIpc) is 3.21. The Bertz CT molecular complexity index is 1330. The normalized spacial score (nSPS) is 21.8. The third-order valence-corrected chi connectivity index (χ3v) is 10.8. The van der Waals surface area contributed by atoms with Crippen molar-refractivity contribution >= 4 is 0 Å². The number of unbranched alkanes of at least 4 members (excludes halogenated alkanes) is 11. The molecule has 1 heterocycles. The number of rotatable bonds is 28. The number of ether oxygens (including phenoxy) is 3. The van der Waals surface area contributed by atoms with E-state index in [1.54, 1.807) is 0 Å². The van der Waals surface area contributed by atoms with Crippen LogP contribution in [-0.2, 0) is 34.0 Å². The summed E-state index contributed by atoms with van der Waals surface area (Å²) in [6.07, 6.45) is 10.6. The van der Waals surface area contributed by atoms with Crippen LogP contribution in [0, 0.1) is 0 Å². The summed E-state index contributed by atoms with van der Waals surface area (Å²) in [5, 5.41) is 48.0. The smallest absolute Gasteiger partial charge is 0.115 e. The van der Waals surface area contributed by atoms with Crippen LogP contribution in [0.4, 0.5) is 0 Å². The second-order valence-electron chi connectivity index (χ2n) is 15.2. The first-order valence-electron chi connectivity index (χ1n) is 20.9. The van der Waals surface area contributed by atoms with E-state index in [9.17, 15) is 20.4 Å². The molecule has 8 heteroatoms. The molecular formula is C46H69NO7. The van der Waals surface area contributed by atoms with Crippen molar-refractivity contribution in [3.8, 4) is 0 Å². The molecule has 4 rings (SSSR count). The van der Waals surface area contributed by atoms with Gasteiger partial charge in [-0.15, -0.1) is 0 Å². The average molecular weight is 748 g/mol. The Labute approximate surface area is 325 Å². The summed E-state index contributed by atoms with van der Waals surface area (Å²) in [6, 6.07) is 29.2. The molecule has 1 aliphatic heterocycles. The summed E-state index contributed by atoms with van der Waals surface area (Å²) < 4.78 is 19.3. The monoisotopic (exact) mass is 748 g/mol. The second-order valence-corrected chi connectivity index (χ2v) is 15.2. The highest BCUT2D eigenvalue weighted by Gasteiger charge is 2.46. The predicted molar refractivity (Wildman–Crippen MR) is 216 cm³/mol. The van der Waals surface area contributed by atoms with Crippen LogP contribution < -0.4 is 5.32 Å². The summed E-state index contributed by atoms with van der Waals surface area (Å²) in [4.78, 5) is 0. The number of aliphatic hydroxyl groups excluding tert-OH is 4. The van der Waals surface area contributed by atoms with Gasteiger partial charge in [-0.05, 0) is 36.0 Å². The molecular weight excluding hydrogens is 679 g/mol. The highest BCUT2D eigenvalue weighted by molar-refractivity contribution is 5.16. The Kier molecular flexibility index (Phi) is 21.4. The third-order valence-electron chi connectivity index (χ3n) is 10.8. The number of hydrogen-bond acceptors (Lipinski definition) is 8. The van der Waals surface area contributed by atoms with Crippen LogP contribution in [0.25, 0.3) is 0 Å². The number of benzene rings is 3. The Balaban J connectivity index is 1.37. The maximum absolute atomic E-state index is 11.6. The molecule has 3 aromatic carbocycles. The van der Waals surface area contributed by atoms with Crippen LogP contribution in [0.15, 0.2) is 91.0 Å². The molecule has 54 heavy (non-hydrogen) atoms. The van der Waals surface area contributed by atoms with Crippen molar-refractivity contribution in [2.24, 2.45) is 0 Å². The Morgan fingerprint density at radius 3 is 1.61 bits per heavy atom. The van der Waals surface area contributed by atoms with Gasteiger partial charge < -0.3 is 40.0 Å². The molecule has 0 aromatic heterocycles. The van der Waals surface area contributed by atoms with Gasteiger partial charge in [-0.25, -0.2) is 0 Å². The van der Waals surface area contributed by atoms with E-state index >= 15 is 0 Å². The van der Waals surface area contributed by atoms with Crippen molar-refractivity contribution in [3.05, 3.63) is 108 Å². The molecule has 0 aliphatic carbocycles. The first kappa shape index (κ1) is 44.1. The molecule has 5 N–H and O–H groups in total. The molecule has 3 aromatic rings. The Morgan fingerprint density at radius 2 is 1.09 bits per heavy atom. The third kappa shape index (κ3) is 15.8. The number of aliphatic hydroxyl groups is 4. The van der Waals surface area contributed by atoms with Gasteiger partial charge in [0.05, 0.1) is 38.1 Å². The molecule has 0 radical (unpaired) electrons. The molecule has 3 unspecified atom stereocenters. The summed E-state index contributed by atoms with van der Waals surface area (Å²) in [5.41, 5.74) is 3.03. The van der Waals surface area contributed by atoms with Crippen molar-refractivity contribution in [1.82, 2.24) is 5.32 Å². The van der Waals surface area contributed by atoms with Crippen molar-refractivity contribution in [3.63, 3.8) is 0 Å². The zero-order valence-electron chi connectivity index (χ0n) is 32.7. The molecule has 1 aliphatic rings. The summed E-state index contributed by atoms with van der Waals surface area (Å²) >= 11 is 0. The first-order valence-corrected chi connectivity index (χ1v) is 20.9. The molecule has 8 atom stereocenters. The van der Waals surface area contributed by atoms with Crippen molar-refractivity contribution in [2.75, 3.05) is 6.61 Å². The summed E-state index contributed by atoms with van der Waals surface area (Å²) in [6.45, 7) is 2.99. The van der Waals surface area contributed by atoms with Crippen molar-refractivity contribution in [1.29, 1.82) is 0 Å². The number of hydrogen-bond donors (Lipinski definition) is 5. The van der Waals surface area contributed by atoms with E-state index in [-0.39, 0.29) is 13.2 Å². The Hall–Kier alpha value is -2.66. The fourth-order valence-corrected chi connectivity index (χ4v) is 7.53. The van der Waals surface area contributed by atoms with Gasteiger partial charge in [-0.1, -0.05) is 175 Å². The molecule has 1 fully saturated rings. The van der Waals surface area contributed by atoms with E-state index in [0.717, 1.165) is 36.0 Å². The first-order chi connectivity index (χ1) is 26.5. The van der Waals surface area contributed by atoms with E-state index in [1.807, 2.05) is 91.0 Å². The zero-order chi connectivity index (χ0) is 38.2. The number of nitrogens with one attached hydrogen (secondary N) is 1. The maximum Gasteiger partial charge on any atom is 0.115 e. The highest BCUT2D eigenvalue weighted by Crippen LogP contribution is 2.31. The minimum atomic E-state index is -1.11. The minimum absolute atomic E-state index is 0.268. The van der Waals surface area contributed by atoms with Gasteiger partial charge >= 0.3 is 0 Å². The lowest BCUT2D eigenvalue weighted by Crippen LogP contribution is -2.60. The predicted octanol–water partition coefficient (Wildman–Crippen LogP) is 8.03. The molecule has 8 nitrogen and oxygen atoms in total. The van der Waals surface area contributed by atoms with Crippen LogP contribution in [0.5, 0.6) is 0 Å². The zero-order valence-corrected chi connectivity index (χ0v) is 32.7. The molecule has 0 bridgehead atoms. The van der Waals surface area contributed by atoms with Crippen molar-refractivity contribution in [2.45, 2.75) is 172 Å². The molecule has 0 spiro atoms. The van der Waals surface area contributed by atoms with Crippen LogP contribution in [0.3, 0.4) is 0 Å². The van der Waals surface area contributed by atoms with E-state index in [1.165, 1.54) is 57.8 Å². The van der Waals surface area contributed by atoms with Crippen LogP contribution >= 0.6 is 0 Å². The fraction of sp³-hybridized carbons (Fsp3) is 0.609. The fourth-order valence-electron chi connectivity index (χ4n) is 7.53. The van der Waals surface area contributed by atoms with Gasteiger partial charge in [0.1, 0.15) is 24.4 Å². The second kappa shape index (κ2) is 26.2. The van der Waals surface area contributed by atoms with E-state index < -0.39 is 48.8 Å². The molecule has 0 amide bonds. The van der Waals surface area contributed by atoms with Gasteiger partial charge in [0, 0.05) is 12.6 Å².